The molecule has 20 heavy (non-hydrogen) atoms. The van der Waals surface area contributed by atoms with Gasteiger partial charge in [0.2, 0.25) is 5.91 Å². The molecule has 1 amide bonds. The smallest absolute Gasteiger partial charge is 0.221 e. The predicted octanol–water partition coefficient (Wildman–Crippen LogP) is 3.30. The third kappa shape index (κ3) is 4.32. The van der Waals surface area contributed by atoms with Crippen LogP contribution in [-0.4, -0.2) is 18.0 Å². The summed E-state index contributed by atoms with van der Waals surface area (Å²) in [6, 6.07) is 8.41. The van der Waals surface area contributed by atoms with Gasteiger partial charge in [-0.25, -0.2) is 0 Å². The van der Waals surface area contributed by atoms with Crippen molar-refractivity contribution in [1.29, 1.82) is 0 Å². The lowest BCUT2D eigenvalue weighted by Crippen LogP contribution is -2.41. The number of nitrogens with one attached hydrogen (secondary N) is 2. The van der Waals surface area contributed by atoms with Gasteiger partial charge < -0.3 is 10.6 Å². The Balaban J connectivity index is 1.78. The molecule has 0 bridgehead atoms. The van der Waals surface area contributed by atoms with Crippen molar-refractivity contribution in [2.24, 2.45) is 0 Å². The fraction of sp³-hybridized carbons (Fsp3) is 0.438. The van der Waals surface area contributed by atoms with Crippen LogP contribution in [0.15, 0.2) is 29.6 Å². The van der Waals surface area contributed by atoms with Crippen LogP contribution in [0.4, 0.5) is 0 Å². The second-order valence-corrected chi connectivity index (χ2v) is 6.89. The summed E-state index contributed by atoms with van der Waals surface area (Å²) in [7, 11) is 0. The van der Waals surface area contributed by atoms with Gasteiger partial charge in [-0.2, -0.15) is 0 Å². The van der Waals surface area contributed by atoms with Gasteiger partial charge in [0.15, 0.2) is 0 Å². The molecule has 0 fully saturated rings. The van der Waals surface area contributed by atoms with Crippen LogP contribution < -0.4 is 10.6 Å². The van der Waals surface area contributed by atoms with Crippen molar-refractivity contribution in [2.75, 3.05) is 6.54 Å². The largest absolute Gasteiger partial charge is 0.351 e. The van der Waals surface area contributed by atoms with E-state index in [-0.39, 0.29) is 11.4 Å². The minimum absolute atomic E-state index is 0.0974. The summed E-state index contributed by atoms with van der Waals surface area (Å²) in [6.45, 7) is 7.50. The first-order valence-electron chi connectivity index (χ1n) is 6.92. The number of hydrogen-bond donors (Lipinski definition) is 2. The number of thiophene rings is 1. The average molecular weight is 290 g/mol. The quantitative estimate of drug-likeness (QED) is 0.830. The van der Waals surface area contributed by atoms with Crippen molar-refractivity contribution in [3.63, 3.8) is 0 Å². The predicted molar refractivity (Wildman–Crippen MR) is 86.0 cm³/mol. The Morgan fingerprint density at radius 1 is 1.25 bits per heavy atom. The van der Waals surface area contributed by atoms with E-state index in [0.29, 0.717) is 13.0 Å². The second-order valence-electron chi connectivity index (χ2n) is 5.98. The summed E-state index contributed by atoms with van der Waals surface area (Å²) >= 11 is 1.77. The Morgan fingerprint density at radius 3 is 2.75 bits per heavy atom. The maximum absolute atomic E-state index is 11.7. The number of carbonyl (C=O) groups is 1. The van der Waals surface area contributed by atoms with Crippen LogP contribution in [0.3, 0.4) is 0 Å². The molecule has 3 nitrogen and oxygen atoms in total. The zero-order chi connectivity index (χ0) is 14.6. The molecule has 4 heteroatoms. The molecule has 108 valence electrons. The lowest BCUT2D eigenvalue weighted by molar-refractivity contribution is -0.122. The molecular formula is C16H22N2OS. The van der Waals surface area contributed by atoms with Crippen LogP contribution in [0.1, 0.15) is 32.8 Å². The third-order valence-electron chi connectivity index (χ3n) is 2.92. The van der Waals surface area contributed by atoms with Gasteiger partial charge >= 0.3 is 0 Å². The van der Waals surface area contributed by atoms with E-state index in [0.717, 1.165) is 6.54 Å². The van der Waals surface area contributed by atoms with Crippen LogP contribution in [0, 0.1) is 0 Å². The molecule has 0 spiro atoms. The Bertz CT molecular complexity index is 583. The van der Waals surface area contributed by atoms with E-state index in [1.807, 2.05) is 20.8 Å². The molecule has 0 unspecified atom stereocenters. The van der Waals surface area contributed by atoms with Gasteiger partial charge in [-0.15, -0.1) is 11.3 Å². The number of fused-ring (bicyclic) bond motifs is 1. The summed E-state index contributed by atoms with van der Waals surface area (Å²) in [5.41, 5.74) is 1.16. The lowest BCUT2D eigenvalue weighted by Gasteiger charge is -2.20. The van der Waals surface area contributed by atoms with Crippen molar-refractivity contribution in [3.8, 4) is 0 Å². The van der Waals surface area contributed by atoms with Gasteiger partial charge in [0.05, 0.1) is 0 Å². The number of hydrogen-bond acceptors (Lipinski definition) is 3. The molecule has 1 heterocycles. The van der Waals surface area contributed by atoms with E-state index in [1.165, 1.54) is 15.6 Å². The van der Waals surface area contributed by atoms with Gasteiger partial charge in [-0.3, -0.25) is 4.79 Å². The summed E-state index contributed by atoms with van der Waals surface area (Å²) in [5.74, 6) is 0.0974. The van der Waals surface area contributed by atoms with Crippen LogP contribution in [-0.2, 0) is 11.3 Å². The van der Waals surface area contributed by atoms with E-state index in [1.54, 1.807) is 11.3 Å². The van der Waals surface area contributed by atoms with Crippen molar-refractivity contribution in [1.82, 2.24) is 10.6 Å². The highest BCUT2D eigenvalue weighted by molar-refractivity contribution is 7.17. The van der Waals surface area contributed by atoms with Crippen LogP contribution in [0.5, 0.6) is 0 Å². The van der Waals surface area contributed by atoms with Gasteiger partial charge in [-0.1, -0.05) is 18.2 Å². The van der Waals surface area contributed by atoms with Crippen molar-refractivity contribution < 1.29 is 4.79 Å². The van der Waals surface area contributed by atoms with Gasteiger partial charge in [0, 0.05) is 29.7 Å². The van der Waals surface area contributed by atoms with E-state index in [4.69, 9.17) is 0 Å². The minimum atomic E-state index is -0.152. The molecule has 0 saturated carbocycles. The maximum Gasteiger partial charge on any atom is 0.221 e. The Labute approximate surface area is 124 Å². The minimum Gasteiger partial charge on any atom is -0.351 e. The molecule has 0 saturated heterocycles. The van der Waals surface area contributed by atoms with E-state index < -0.39 is 0 Å². The Morgan fingerprint density at radius 2 is 2.00 bits per heavy atom. The highest BCUT2D eigenvalue weighted by Gasteiger charge is 2.12. The molecule has 0 aliphatic carbocycles. The first-order chi connectivity index (χ1) is 9.46. The number of carbonyl (C=O) groups excluding carboxylic acids is 1. The summed E-state index contributed by atoms with van der Waals surface area (Å²) < 4.78 is 1.31. The summed E-state index contributed by atoms with van der Waals surface area (Å²) in [6.07, 6.45) is 0.513. The molecule has 0 radical (unpaired) electrons. The molecule has 0 atom stereocenters. The molecule has 0 aliphatic rings. The Kier molecular flexibility index (Phi) is 4.78. The van der Waals surface area contributed by atoms with Crippen molar-refractivity contribution >= 4 is 27.3 Å². The molecule has 1 aromatic heterocycles. The number of rotatable bonds is 5. The highest BCUT2D eigenvalue weighted by atomic mass is 32.1. The Hall–Kier alpha value is -1.39. The van der Waals surface area contributed by atoms with E-state index in [2.05, 4.69) is 40.3 Å². The van der Waals surface area contributed by atoms with Gasteiger partial charge in [0.25, 0.3) is 0 Å². The standard InChI is InChI=1S/C16H22N2OS/c1-16(2,3)18-15(19)8-9-17-10-12-11-20-14-7-5-4-6-13(12)14/h4-7,11,17H,8-10H2,1-3H3,(H,18,19). The highest BCUT2D eigenvalue weighted by Crippen LogP contribution is 2.25. The topological polar surface area (TPSA) is 41.1 Å². The molecule has 2 N–H and O–H groups in total. The normalized spacial score (nSPS) is 11.8. The molecular weight excluding hydrogens is 268 g/mol. The van der Waals surface area contributed by atoms with Crippen molar-refractivity contribution in [3.05, 3.63) is 35.2 Å². The van der Waals surface area contributed by atoms with Crippen LogP contribution >= 0.6 is 11.3 Å². The number of amides is 1. The third-order valence-corrected chi connectivity index (χ3v) is 3.93. The van der Waals surface area contributed by atoms with Crippen LogP contribution in [0.2, 0.25) is 0 Å². The fourth-order valence-electron chi connectivity index (χ4n) is 2.08. The average Bonchev–Trinajstić information content (AvgIpc) is 2.76. The fourth-order valence-corrected chi connectivity index (χ4v) is 3.04. The lowest BCUT2D eigenvalue weighted by atomic mass is 10.1. The molecule has 2 aromatic rings. The molecule has 2 rings (SSSR count). The zero-order valence-corrected chi connectivity index (χ0v) is 13.1. The number of benzene rings is 1. The van der Waals surface area contributed by atoms with Crippen LogP contribution in [0.25, 0.3) is 10.1 Å². The first kappa shape index (κ1) is 15.0. The van der Waals surface area contributed by atoms with E-state index >= 15 is 0 Å². The first-order valence-corrected chi connectivity index (χ1v) is 7.80. The monoisotopic (exact) mass is 290 g/mol. The zero-order valence-electron chi connectivity index (χ0n) is 12.3. The van der Waals surface area contributed by atoms with Gasteiger partial charge in [-0.05, 0) is 43.2 Å². The second kappa shape index (κ2) is 6.37. The van der Waals surface area contributed by atoms with Gasteiger partial charge in [0.1, 0.15) is 0 Å². The molecule has 0 aliphatic heterocycles. The SMILES string of the molecule is CC(C)(C)NC(=O)CCNCc1csc2ccccc12. The van der Waals surface area contributed by atoms with Crippen molar-refractivity contribution in [2.45, 2.75) is 39.3 Å². The summed E-state index contributed by atoms with van der Waals surface area (Å²) in [4.78, 5) is 11.7. The molecule has 1 aromatic carbocycles. The summed E-state index contributed by atoms with van der Waals surface area (Å²) in [5, 5.41) is 9.80. The van der Waals surface area contributed by atoms with E-state index in [9.17, 15) is 4.79 Å². The maximum atomic E-state index is 11.7.